The summed E-state index contributed by atoms with van der Waals surface area (Å²) in [5.41, 5.74) is 0. The van der Waals surface area contributed by atoms with Crippen LogP contribution in [0.5, 0.6) is 0 Å². The van der Waals surface area contributed by atoms with Gasteiger partial charge in [-0.2, -0.15) is 0 Å². The normalized spacial score (nSPS) is 11.9. The third kappa shape index (κ3) is 4.94. The predicted molar refractivity (Wildman–Crippen MR) is 67.6 cm³/mol. The Kier molecular flexibility index (Phi) is 5.77. The Morgan fingerprint density at radius 3 is 2.79 bits per heavy atom. The van der Waals surface area contributed by atoms with Gasteiger partial charge >= 0.3 is 12.0 Å². The van der Waals surface area contributed by atoms with Crippen LogP contribution in [0.25, 0.3) is 0 Å². The number of nitrogens with zero attached hydrogens (tertiary/aromatic N) is 3. The Balaban J connectivity index is 2.31. The number of carbonyl (C=O) groups is 2. The van der Waals surface area contributed by atoms with E-state index in [0.717, 1.165) is 5.82 Å². The molecular formula is C11H19N5O3. The second kappa shape index (κ2) is 7.34. The number of urea groups is 1. The Labute approximate surface area is 111 Å². The summed E-state index contributed by atoms with van der Waals surface area (Å²) in [5, 5.41) is 21.5. The highest BCUT2D eigenvalue weighted by molar-refractivity contribution is 5.82. The summed E-state index contributed by atoms with van der Waals surface area (Å²) in [6.45, 7) is 2.24. The number of amides is 2. The number of nitrogens with one attached hydrogen (secondary N) is 2. The lowest BCUT2D eigenvalue weighted by Crippen LogP contribution is -2.46. The Morgan fingerprint density at radius 1 is 1.53 bits per heavy atom. The minimum absolute atomic E-state index is 0.372. The van der Waals surface area contributed by atoms with Gasteiger partial charge in [0.05, 0.1) is 0 Å². The van der Waals surface area contributed by atoms with Crippen molar-refractivity contribution in [2.75, 3.05) is 6.54 Å². The van der Waals surface area contributed by atoms with Gasteiger partial charge in [-0.3, -0.25) is 0 Å². The standard InChI is InChI=1S/C11H19N5O3/c1-3-4-8(10(17)18)14-11(19)12-6-5-9-15-13-7-16(9)2/h7-8H,3-6H2,1-2H3,(H,17,18)(H2,12,14,19)/t8-/m0/s1. The highest BCUT2D eigenvalue weighted by atomic mass is 16.4. The molecule has 0 fully saturated rings. The minimum Gasteiger partial charge on any atom is -0.480 e. The Bertz CT molecular complexity index is 432. The number of aryl methyl sites for hydroxylation is 1. The summed E-state index contributed by atoms with van der Waals surface area (Å²) in [5.74, 6) is -0.269. The average molecular weight is 269 g/mol. The maximum atomic E-state index is 11.5. The van der Waals surface area contributed by atoms with E-state index in [4.69, 9.17) is 5.11 Å². The Hall–Kier alpha value is -2.12. The van der Waals surface area contributed by atoms with Crippen LogP contribution in [0.3, 0.4) is 0 Å². The van der Waals surface area contributed by atoms with Crippen molar-refractivity contribution in [2.24, 2.45) is 7.05 Å². The van der Waals surface area contributed by atoms with E-state index in [-0.39, 0.29) is 0 Å². The predicted octanol–water partition coefficient (Wildman–Crippen LogP) is -0.0899. The lowest BCUT2D eigenvalue weighted by Gasteiger charge is -2.14. The first-order valence-electron chi connectivity index (χ1n) is 6.14. The van der Waals surface area contributed by atoms with Gasteiger partial charge in [0.15, 0.2) is 0 Å². The number of carboxylic acid groups (broad SMARTS) is 1. The smallest absolute Gasteiger partial charge is 0.326 e. The van der Waals surface area contributed by atoms with Crippen molar-refractivity contribution in [3.05, 3.63) is 12.2 Å². The fourth-order valence-corrected chi connectivity index (χ4v) is 1.58. The summed E-state index contributed by atoms with van der Waals surface area (Å²) in [6, 6.07) is -1.33. The van der Waals surface area contributed by atoms with Crippen LogP contribution in [0.15, 0.2) is 6.33 Å². The lowest BCUT2D eigenvalue weighted by atomic mass is 10.2. The topological polar surface area (TPSA) is 109 Å². The van der Waals surface area contributed by atoms with Gasteiger partial charge in [0.25, 0.3) is 0 Å². The number of hydrogen-bond acceptors (Lipinski definition) is 4. The van der Waals surface area contributed by atoms with Crippen molar-refractivity contribution in [1.29, 1.82) is 0 Å². The van der Waals surface area contributed by atoms with Gasteiger partial charge in [-0.1, -0.05) is 13.3 Å². The molecule has 1 rings (SSSR count). The molecule has 3 N–H and O–H groups in total. The maximum absolute atomic E-state index is 11.5. The van der Waals surface area contributed by atoms with E-state index in [1.165, 1.54) is 0 Å². The minimum atomic E-state index is -1.02. The Morgan fingerprint density at radius 2 is 2.26 bits per heavy atom. The molecule has 0 aliphatic heterocycles. The van der Waals surface area contributed by atoms with Crippen LogP contribution in [0.2, 0.25) is 0 Å². The molecule has 0 unspecified atom stereocenters. The molecule has 0 aliphatic rings. The number of aliphatic carboxylic acids is 1. The zero-order chi connectivity index (χ0) is 14.3. The summed E-state index contributed by atoms with van der Waals surface area (Å²) in [6.07, 6.45) is 3.22. The second-order valence-electron chi connectivity index (χ2n) is 4.19. The first kappa shape index (κ1) is 14.9. The number of hydrogen-bond donors (Lipinski definition) is 3. The molecule has 19 heavy (non-hydrogen) atoms. The van der Waals surface area contributed by atoms with Gasteiger partial charge in [-0.15, -0.1) is 10.2 Å². The summed E-state index contributed by atoms with van der Waals surface area (Å²) < 4.78 is 1.76. The van der Waals surface area contributed by atoms with E-state index >= 15 is 0 Å². The fourth-order valence-electron chi connectivity index (χ4n) is 1.58. The number of aromatic nitrogens is 3. The second-order valence-corrected chi connectivity index (χ2v) is 4.19. The molecule has 8 heteroatoms. The molecule has 1 atom stereocenters. The molecule has 8 nitrogen and oxygen atoms in total. The van der Waals surface area contributed by atoms with Gasteiger partial charge in [0.2, 0.25) is 0 Å². The van der Waals surface area contributed by atoms with E-state index in [2.05, 4.69) is 20.8 Å². The molecule has 0 aliphatic carbocycles. The molecule has 2 amide bonds. The van der Waals surface area contributed by atoms with E-state index in [0.29, 0.717) is 25.8 Å². The van der Waals surface area contributed by atoms with Gasteiger partial charge in [0.1, 0.15) is 18.2 Å². The van der Waals surface area contributed by atoms with Gasteiger partial charge < -0.3 is 20.3 Å². The van der Waals surface area contributed by atoms with Crippen LogP contribution in [0.4, 0.5) is 4.79 Å². The first-order chi connectivity index (χ1) is 9.04. The summed E-state index contributed by atoms with van der Waals surface area (Å²) >= 11 is 0. The molecule has 0 radical (unpaired) electrons. The number of carbonyl (C=O) groups excluding carboxylic acids is 1. The third-order valence-corrected chi connectivity index (χ3v) is 2.62. The summed E-state index contributed by atoms with van der Waals surface area (Å²) in [4.78, 5) is 22.4. The molecule has 0 bridgehead atoms. The third-order valence-electron chi connectivity index (χ3n) is 2.62. The van der Waals surface area contributed by atoms with E-state index in [1.807, 2.05) is 14.0 Å². The average Bonchev–Trinajstić information content (AvgIpc) is 2.74. The molecule has 1 heterocycles. The van der Waals surface area contributed by atoms with Gasteiger partial charge in [-0.05, 0) is 6.42 Å². The maximum Gasteiger partial charge on any atom is 0.326 e. The largest absolute Gasteiger partial charge is 0.480 e. The zero-order valence-electron chi connectivity index (χ0n) is 11.1. The van der Waals surface area contributed by atoms with Crippen LogP contribution in [-0.2, 0) is 18.3 Å². The number of rotatable bonds is 7. The van der Waals surface area contributed by atoms with Crippen molar-refractivity contribution in [3.8, 4) is 0 Å². The van der Waals surface area contributed by atoms with Crippen molar-refractivity contribution in [2.45, 2.75) is 32.2 Å². The fraction of sp³-hybridized carbons (Fsp3) is 0.636. The van der Waals surface area contributed by atoms with Crippen molar-refractivity contribution in [3.63, 3.8) is 0 Å². The van der Waals surface area contributed by atoms with E-state index in [9.17, 15) is 9.59 Å². The van der Waals surface area contributed by atoms with E-state index < -0.39 is 18.0 Å². The van der Waals surface area contributed by atoms with Crippen LogP contribution in [-0.4, -0.2) is 44.5 Å². The molecule has 0 aromatic carbocycles. The van der Waals surface area contributed by atoms with Gasteiger partial charge in [0, 0.05) is 20.0 Å². The van der Waals surface area contributed by atoms with Crippen LogP contribution in [0, 0.1) is 0 Å². The number of carboxylic acids is 1. The molecule has 0 saturated heterocycles. The monoisotopic (exact) mass is 269 g/mol. The molecular weight excluding hydrogens is 250 g/mol. The molecule has 106 valence electrons. The summed E-state index contributed by atoms with van der Waals surface area (Å²) in [7, 11) is 1.82. The van der Waals surface area contributed by atoms with Crippen LogP contribution in [0.1, 0.15) is 25.6 Å². The molecule has 0 saturated carbocycles. The quantitative estimate of drug-likeness (QED) is 0.641. The molecule has 1 aromatic rings. The highest BCUT2D eigenvalue weighted by Gasteiger charge is 2.18. The highest BCUT2D eigenvalue weighted by Crippen LogP contribution is 1.96. The molecule has 0 spiro atoms. The van der Waals surface area contributed by atoms with Gasteiger partial charge in [-0.25, -0.2) is 9.59 Å². The first-order valence-corrected chi connectivity index (χ1v) is 6.14. The van der Waals surface area contributed by atoms with Crippen molar-refractivity contribution in [1.82, 2.24) is 25.4 Å². The molecule has 1 aromatic heterocycles. The van der Waals surface area contributed by atoms with E-state index in [1.54, 1.807) is 10.9 Å². The SMILES string of the molecule is CCC[C@H](NC(=O)NCCc1nncn1C)C(=O)O. The van der Waals surface area contributed by atoms with Crippen molar-refractivity contribution < 1.29 is 14.7 Å². The van der Waals surface area contributed by atoms with Crippen LogP contribution >= 0.6 is 0 Å². The van der Waals surface area contributed by atoms with Crippen LogP contribution < -0.4 is 10.6 Å². The lowest BCUT2D eigenvalue weighted by molar-refractivity contribution is -0.139. The van der Waals surface area contributed by atoms with Crippen molar-refractivity contribution >= 4 is 12.0 Å². The zero-order valence-corrected chi connectivity index (χ0v) is 11.1.